The summed E-state index contributed by atoms with van der Waals surface area (Å²) in [6.07, 6.45) is 4.17. The molecule has 29 heavy (non-hydrogen) atoms. The third-order valence-electron chi connectivity index (χ3n) is 4.53. The van der Waals surface area contributed by atoms with Crippen molar-refractivity contribution in [1.82, 2.24) is 14.3 Å². The SMILES string of the molecule is Cn1cc(-c2cc(CCNS(=O)O)ccc2OCC(C)(C)C)c2cc[nH]c2c1=O. The van der Waals surface area contributed by atoms with E-state index in [0.717, 1.165) is 27.8 Å². The summed E-state index contributed by atoms with van der Waals surface area (Å²) in [6.45, 7) is 7.25. The number of pyridine rings is 1. The van der Waals surface area contributed by atoms with Gasteiger partial charge in [-0.15, -0.1) is 0 Å². The third kappa shape index (κ3) is 5.14. The van der Waals surface area contributed by atoms with E-state index in [-0.39, 0.29) is 11.0 Å². The van der Waals surface area contributed by atoms with Gasteiger partial charge in [0.15, 0.2) is 0 Å². The smallest absolute Gasteiger partial charge is 0.274 e. The number of H-pyrrole nitrogens is 1. The summed E-state index contributed by atoms with van der Waals surface area (Å²) in [6, 6.07) is 7.80. The normalized spacial score (nSPS) is 13.0. The van der Waals surface area contributed by atoms with Crippen molar-refractivity contribution < 1.29 is 13.5 Å². The van der Waals surface area contributed by atoms with Crippen LogP contribution in [0.4, 0.5) is 0 Å². The average Bonchev–Trinajstić information content (AvgIpc) is 3.12. The van der Waals surface area contributed by atoms with Crippen molar-refractivity contribution in [3.05, 3.63) is 52.6 Å². The molecule has 0 spiro atoms. The van der Waals surface area contributed by atoms with Crippen LogP contribution in [0.2, 0.25) is 0 Å². The summed E-state index contributed by atoms with van der Waals surface area (Å²) in [5.74, 6) is 0.739. The molecular weight excluding hydrogens is 390 g/mol. The average molecular weight is 418 g/mol. The Bertz CT molecular complexity index is 1100. The van der Waals surface area contributed by atoms with E-state index < -0.39 is 11.3 Å². The molecule has 3 aromatic rings. The molecular formula is C21H27N3O4S. The Labute approximate surface area is 172 Å². The lowest BCUT2D eigenvalue weighted by molar-refractivity contribution is 0.198. The predicted molar refractivity (Wildman–Crippen MR) is 116 cm³/mol. The van der Waals surface area contributed by atoms with Crippen LogP contribution in [0.3, 0.4) is 0 Å². The second-order valence-electron chi connectivity index (χ2n) is 8.30. The lowest BCUT2D eigenvalue weighted by atomic mass is 9.97. The first-order valence-electron chi connectivity index (χ1n) is 9.43. The summed E-state index contributed by atoms with van der Waals surface area (Å²) < 4.78 is 30.0. The van der Waals surface area contributed by atoms with Crippen LogP contribution >= 0.6 is 0 Å². The van der Waals surface area contributed by atoms with E-state index in [4.69, 9.17) is 9.29 Å². The summed E-state index contributed by atoms with van der Waals surface area (Å²) in [5, 5.41) is 0.834. The number of aromatic nitrogens is 2. The zero-order chi connectivity index (χ0) is 21.2. The number of ether oxygens (including phenoxy) is 1. The summed E-state index contributed by atoms with van der Waals surface area (Å²) in [5.41, 5.74) is 3.24. The van der Waals surface area contributed by atoms with E-state index in [1.807, 2.05) is 30.5 Å². The Morgan fingerprint density at radius 3 is 2.69 bits per heavy atom. The molecule has 156 valence electrons. The minimum Gasteiger partial charge on any atom is -0.492 e. The number of hydrogen-bond donors (Lipinski definition) is 3. The van der Waals surface area contributed by atoms with Crippen molar-refractivity contribution in [2.24, 2.45) is 12.5 Å². The maximum Gasteiger partial charge on any atom is 0.274 e. The van der Waals surface area contributed by atoms with Crippen molar-refractivity contribution in [3.63, 3.8) is 0 Å². The fraction of sp³-hybridized carbons (Fsp3) is 0.381. The topological polar surface area (TPSA) is 96.3 Å². The highest BCUT2D eigenvalue weighted by Crippen LogP contribution is 2.35. The molecule has 2 aromatic heterocycles. The Morgan fingerprint density at radius 1 is 1.24 bits per heavy atom. The van der Waals surface area contributed by atoms with Crippen molar-refractivity contribution in [2.45, 2.75) is 27.2 Å². The molecule has 0 saturated carbocycles. The van der Waals surface area contributed by atoms with Gasteiger partial charge >= 0.3 is 0 Å². The fourth-order valence-electron chi connectivity index (χ4n) is 3.13. The first-order valence-corrected chi connectivity index (χ1v) is 10.5. The summed E-state index contributed by atoms with van der Waals surface area (Å²) in [4.78, 5) is 15.5. The van der Waals surface area contributed by atoms with Gasteiger partial charge in [0, 0.05) is 42.5 Å². The van der Waals surface area contributed by atoms with Gasteiger partial charge in [0.25, 0.3) is 5.56 Å². The summed E-state index contributed by atoms with van der Waals surface area (Å²) >= 11 is -2.03. The first-order chi connectivity index (χ1) is 13.7. The monoisotopic (exact) mass is 417 g/mol. The number of hydrogen-bond acceptors (Lipinski definition) is 3. The molecule has 3 N–H and O–H groups in total. The molecule has 0 fully saturated rings. The van der Waals surface area contributed by atoms with Crippen LogP contribution in [0.1, 0.15) is 26.3 Å². The van der Waals surface area contributed by atoms with Gasteiger partial charge in [-0.25, -0.2) is 8.93 Å². The minimum atomic E-state index is -2.03. The summed E-state index contributed by atoms with van der Waals surface area (Å²) in [7, 11) is 1.73. The molecule has 0 aliphatic carbocycles. The number of benzene rings is 1. The van der Waals surface area contributed by atoms with E-state index in [0.29, 0.717) is 25.1 Å². The van der Waals surface area contributed by atoms with Crippen LogP contribution in [-0.4, -0.2) is 31.5 Å². The third-order valence-corrected chi connectivity index (χ3v) is 4.98. The zero-order valence-electron chi connectivity index (χ0n) is 17.1. The van der Waals surface area contributed by atoms with Crippen LogP contribution in [0.25, 0.3) is 22.0 Å². The highest BCUT2D eigenvalue weighted by atomic mass is 32.2. The van der Waals surface area contributed by atoms with Gasteiger partial charge in [-0.3, -0.25) is 9.35 Å². The van der Waals surface area contributed by atoms with E-state index in [2.05, 4.69) is 30.5 Å². The van der Waals surface area contributed by atoms with Gasteiger partial charge in [-0.2, -0.15) is 0 Å². The van der Waals surface area contributed by atoms with Crippen molar-refractivity contribution in [2.75, 3.05) is 13.2 Å². The highest BCUT2D eigenvalue weighted by molar-refractivity contribution is 7.77. The lowest BCUT2D eigenvalue weighted by Gasteiger charge is -2.21. The molecule has 1 atom stereocenters. The van der Waals surface area contributed by atoms with E-state index in [1.165, 1.54) is 0 Å². The molecule has 8 heteroatoms. The number of aromatic amines is 1. The number of rotatable bonds is 7. The molecule has 0 aliphatic rings. The Morgan fingerprint density at radius 2 is 2.00 bits per heavy atom. The van der Waals surface area contributed by atoms with E-state index >= 15 is 0 Å². The Hall–Kier alpha value is -2.42. The molecule has 7 nitrogen and oxygen atoms in total. The molecule has 0 radical (unpaired) electrons. The molecule has 1 aromatic carbocycles. The molecule has 0 bridgehead atoms. The second kappa shape index (κ2) is 8.52. The van der Waals surface area contributed by atoms with Crippen LogP contribution in [0, 0.1) is 5.41 Å². The molecule has 0 amide bonds. The van der Waals surface area contributed by atoms with Crippen LogP contribution in [0.15, 0.2) is 41.5 Å². The molecule has 0 saturated heterocycles. The van der Waals surface area contributed by atoms with Gasteiger partial charge in [-0.1, -0.05) is 26.8 Å². The number of nitrogens with zero attached hydrogens (tertiary/aromatic N) is 1. The largest absolute Gasteiger partial charge is 0.492 e. The maximum atomic E-state index is 12.4. The first kappa shape index (κ1) is 21.3. The predicted octanol–water partition coefficient (Wildman–Crippen LogP) is 3.23. The number of nitrogens with one attached hydrogen (secondary N) is 2. The quantitative estimate of drug-likeness (QED) is 0.514. The highest BCUT2D eigenvalue weighted by Gasteiger charge is 2.17. The van der Waals surface area contributed by atoms with Gasteiger partial charge < -0.3 is 14.3 Å². The van der Waals surface area contributed by atoms with Gasteiger partial charge in [0.2, 0.25) is 11.3 Å². The Balaban J connectivity index is 2.08. The number of aryl methyl sites for hydroxylation is 1. The maximum absolute atomic E-state index is 12.4. The minimum absolute atomic E-state index is 0.00198. The van der Waals surface area contributed by atoms with E-state index in [1.54, 1.807) is 17.8 Å². The van der Waals surface area contributed by atoms with Crippen LogP contribution < -0.4 is 15.0 Å². The van der Waals surface area contributed by atoms with Gasteiger partial charge in [0.1, 0.15) is 11.3 Å². The van der Waals surface area contributed by atoms with Crippen molar-refractivity contribution in [1.29, 1.82) is 0 Å². The fourth-order valence-corrected chi connectivity index (χ4v) is 3.41. The van der Waals surface area contributed by atoms with E-state index in [9.17, 15) is 9.00 Å². The molecule has 2 heterocycles. The lowest BCUT2D eigenvalue weighted by Crippen LogP contribution is -2.19. The van der Waals surface area contributed by atoms with Gasteiger partial charge in [-0.05, 0) is 35.6 Å². The van der Waals surface area contributed by atoms with Crippen LogP contribution in [0.5, 0.6) is 5.75 Å². The van der Waals surface area contributed by atoms with Gasteiger partial charge in [0.05, 0.1) is 6.61 Å². The molecule has 3 rings (SSSR count). The van der Waals surface area contributed by atoms with Crippen molar-refractivity contribution >= 4 is 22.2 Å². The zero-order valence-corrected chi connectivity index (χ0v) is 17.9. The molecule has 0 aliphatic heterocycles. The second-order valence-corrected chi connectivity index (χ2v) is 9.09. The number of fused-ring (bicyclic) bond motifs is 1. The Kier molecular flexibility index (Phi) is 6.26. The van der Waals surface area contributed by atoms with Crippen molar-refractivity contribution in [3.8, 4) is 16.9 Å². The standard InChI is InChI=1S/C21H27N3O4S/c1-21(2,3)13-28-18-6-5-14(7-10-23-29(26)27)11-16(18)17-12-24(4)20(25)19-15(17)8-9-22-19/h5-6,8-9,11-12,22-23H,7,10,13H2,1-4H3,(H,26,27). The van der Waals surface area contributed by atoms with Crippen LogP contribution in [-0.2, 0) is 24.7 Å². The molecule has 1 unspecified atom stereocenters.